The van der Waals surface area contributed by atoms with Crippen LogP contribution in [-0.2, 0) is 14.3 Å². The molecular formula is C15H29NO3. The van der Waals surface area contributed by atoms with E-state index in [1.807, 2.05) is 13.8 Å². The molecule has 0 amide bonds. The van der Waals surface area contributed by atoms with Gasteiger partial charge in [0.15, 0.2) is 0 Å². The summed E-state index contributed by atoms with van der Waals surface area (Å²) in [6, 6.07) is 0. The van der Waals surface area contributed by atoms with Crippen molar-refractivity contribution in [3.63, 3.8) is 0 Å². The number of esters is 1. The van der Waals surface area contributed by atoms with E-state index in [1.165, 1.54) is 20.0 Å². The molecule has 4 nitrogen and oxygen atoms in total. The first-order valence-corrected chi connectivity index (χ1v) is 7.47. The quantitative estimate of drug-likeness (QED) is 0.723. The van der Waals surface area contributed by atoms with Crippen LogP contribution >= 0.6 is 0 Å². The summed E-state index contributed by atoms with van der Waals surface area (Å²) < 4.78 is 10.8. The van der Waals surface area contributed by atoms with Crippen LogP contribution in [0.4, 0.5) is 0 Å². The number of methoxy groups -OCH3 is 1. The van der Waals surface area contributed by atoms with E-state index in [1.54, 1.807) is 0 Å². The molecule has 0 aliphatic heterocycles. The third-order valence-corrected chi connectivity index (χ3v) is 4.05. The number of carbonyl (C=O) groups is 1. The Bertz CT molecular complexity index is 283. The van der Waals surface area contributed by atoms with Crippen molar-refractivity contribution in [2.45, 2.75) is 64.5 Å². The lowest BCUT2D eigenvalue weighted by molar-refractivity contribution is -0.149. The minimum atomic E-state index is -0.635. The molecule has 0 aromatic carbocycles. The SMILES string of the molecule is CCNC(C)(CCOC1CCCC(C)C1)C(=O)OC. The standard InChI is InChI=1S/C15H29NO3/c1-5-16-15(3,14(17)18-4)9-10-19-13-8-6-7-12(2)11-13/h12-13,16H,5-11H2,1-4H3. The van der Waals surface area contributed by atoms with Gasteiger partial charge in [0.05, 0.1) is 13.2 Å². The van der Waals surface area contributed by atoms with Crippen LogP contribution in [-0.4, -0.2) is 37.9 Å². The van der Waals surface area contributed by atoms with Gasteiger partial charge in [0, 0.05) is 6.61 Å². The molecule has 0 aromatic rings. The molecule has 3 unspecified atom stereocenters. The molecule has 3 atom stereocenters. The van der Waals surface area contributed by atoms with Gasteiger partial charge in [0.25, 0.3) is 0 Å². The number of hydrogen-bond donors (Lipinski definition) is 1. The fourth-order valence-corrected chi connectivity index (χ4v) is 2.84. The molecule has 1 rings (SSSR count). The Kier molecular flexibility index (Phi) is 6.80. The van der Waals surface area contributed by atoms with Gasteiger partial charge in [-0.15, -0.1) is 0 Å². The highest BCUT2D eigenvalue weighted by Crippen LogP contribution is 2.26. The van der Waals surface area contributed by atoms with Gasteiger partial charge in [-0.25, -0.2) is 0 Å². The summed E-state index contributed by atoms with van der Waals surface area (Å²) in [6.07, 6.45) is 5.90. The predicted molar refractivity (Wildman–Crippen MR) is 76.1 cm³/mol. The van der Waals surface area contributed by atoms with Gasteiger partial charge in [-0.3, -0.25) is 4.79 Å². The first-order valence-electron chi connectivity index (χ1n) is 7.47. The van der Waals surface area contributed by atoms with Crippen LogP contribution in [0, 0.1) is 5.92 Å². The van der Waals surface area contributed by atoms with Crippen molar-refractivity contribution in [3.05, 3.63) is 0 Å². The molecule has 0 radical (unpaired) electrons. The molecule has 19 heavy (non-hydrogen) atoms. The zero-order valence-corrected chi connectivity index (χ0v) is 12.8. The molecule has 0 bridgehead atoms. The summed E-state index contributed by atoms with van der Waals surface area (Å²) in [5.41, 5.74) is -0.635. The van der Waals surface area contributed by atoms with E-state index in [4.69, 9.17) is 9.47 Å². The second-order valence-corrected chi connectivity index (χ2v) is 5.87. The van der Waals surface area contributed by atoms with E-state index in [0.29, 0.717) is 19.1 Å². The van der Waals surface area contributed by atoms with E-state index in [2.05, 4.69) is 12.2 Å². The van der Waals surface area contributed by atoms with Crippen molar-refractivity contribution >= 4 is 5.97 Å². The number of rotatable bonds is 7. The molecule has 0 spiro atoms. The van der Waals surface area contributed by atoms with Crippen LogP contribution in [0.5, 0.6) is 0 Å². The van der Waals surface area contributed by atoms with Crippen LogP contribution in [0.1, 0.15) is 52.9 Å². The summed E-state index contributed by atoms with van der Waals surface area (Å²) in [6.45, 7) is 7.51. The molecule has 4 heteroatoms. The highest BCUT2D eigenvalue weighted by Gasteiger charge is 2.33. The van der Waals surface area contributed by atoms with Crippen molar-refractivity contribution in [2.75, 3.05) is 20.3 Å². The Balaban J connectivity index is 2.37. The Labute approximate surface area is 117 Å². The van der Waals surface area contributed by atoms with Gasteiger partial charge in [-0.05, 0) is 38.6 Å². The van der Waals surface area contributed by atoms with Crippen LogP contribution < -0.4 is 5.32 Å². The highest BCUT2D eigenvalue weighted by atomic mass is 16.5. The Morgan fingerprint density at radius 2 is 2.16 bits per heavy atom. The van der Waals surface area contributed by atoms with Gasteiger partial charge < -0.3 is 14.8 Å². The second-order valence-electron chi connectivity index (χ2n) is 5.87. The van der Waals surface area contributed by atoms with Crippen molar-refractivity contribution in [3.8, 4) is 0 Å². The van der Waals surface area contributed by atoms with Gasteiger partial charge in [-0.1, -0.05) is 26.7 Å². The number of hydrogen-bond acceptors (Lipinski definition) is 4. The van der Waals surface area contributed by atoms with Gasteiger partial charge in [0.1, 0.15) is 5.54 Å². The van der Waals surface area contributed by atoms with E-state index in [9.17, 15) is 4.79 Å². The van der Waals surface area contributed by atoms with E-state index in [-0.39, 0.29) is 5.97 Å². The topological polar surface area (TPSA) is 47.6 Å². The molecule has 1 saturated carbocycles. The fourth-order valence-electron chi connectivity index (χ4n) is 2.84. The zero-order valence-electron chi connectivity index (χ0n) is 12.8. The molecule has 1 aliphatic rings. The lowest BCUT2D eigenvalue weighted by Gasteiger charge is -2.30. The van der Waals surface area contributed by atoms with Crippen LogP contribution in [0.3, 0.4) is 0 Å². The van der Waals surface area contributed by atoms with Gasteiger partial charge >= 0.3 is 5.97 Å². The number of carbonyl (C=O) groups excluding carboxylic acids is 1. The van der Waals surface area contributed by atoms with Crippen LogP contribution in [0.2, 0.25) is 0 Å². The average Bonchev–Trinajstić information content (AvgIpc) is 2.38. The lowest BCUT2D eigenvalue weighted by Crippen LogP contribution is -2.51. The number of ether oxygens (including phenoxy) is 2. The molecular weight excluding hydrogens is 242 g/mol. The molecule has 0 heterocycles. The number of nitrogens with one attached hydrogen (secondary N) is 1. The first-order chi connectivity index (χ1) is 9.01. The van der Waals surface area contributed by atoms with Crippen molar-refractivity contribution < 1.29 is 14.3 Å². The Hall–Kier alpha value is -0.610. The van der Waals surface area contributed by atoms with Crippen molar-refractivity contribution in [2.24, 2.45) is 5.92 Å². The molecule has 112 valence electrons. The minimum absolute atomic E-state index is 0.213. The predicted octanol–water partition coefficient (Wildman–Crippen LogP) is 2.51. The van der Waals surface area contributed by atoms with Crippen LogP contribution in [0.15, 0.2) is 0 Å². The maximum atomic E-state index is 11.8. The van der Waals surface area contributed by atoms with E-state index in [0.717, 1.165) is 25.3 Å². The van der Waals surface area contributed by atoms with E-state index < -0.39 is 5.54 Å². The Morgan fingerprint density at radius 1 is 1.42 bits per heavy atom. The maximum Gasteiger partial charge on any atom is 0.325 e. The third-order valence-electron chi connectivity index (χ3n) is 4.05. The van der Waals surface area contributed by atoms with Gasteiger partial charge in [0.2, 0.25) is 0 Å². The highest BCUT2D eigenvalue weighted by molar-refractivity contribution is 5.80. The van der Waals surface area contributed by atoms with E-state index >= 15 is 0 Å². The third kappa shape index (κ3) is 5.11. The molecule has 1 aliphatic carbocycles. The monoisotopic (exact) mass is 271 g/mol. The summed E-state index contributed by atoms with van der Waals surface area (Å²) in [5, 5.41) is 3.20. The zero-order chi connectivity index (χ0) is 14.3. The summed E-state index contributed by atoms with van der Waals surface area (Å²) in [5.74, 6) is 0.550. The lowest BCUT2D eigenvalue weighted by atomic mass is 9.88. The van der Waals surface area contributed by atoms with Crippen LogP contribution in [0.25, 0.3) is 0 Å². The van der Waals surface area contributed by atoms with Gasteiger partial charge in [-0.2, -0.15) is 0 Å². The molecule has 0 saturated heterocycles. The average molecular weight is 271 g/mol. The fraction of sp³-hybridized carbons (Fsp3) is 0.933. The molecule has 0 aromatic heterocycles. The summed E-state index contributed by atoms with van der Waals surface area (Å²) >= 11 is 0. The molecule has 1 fully saturated rings. The summed E-state index contributed by atoms with van der Waals surface area (Å²) in [7, 11) is 1.43. The molecule has 1 N–H and O–H groups in total. The second kappa shape index (κ2) is 7.85. The van der Waals surface area contributed by atoms with Crippen molar-refractivity contribution in [1.29, 1.82) is 0 Å². The maximum absolute atomic E-state index is 11.8. The minimum Gasteiger partial charge on any atom is -0.468 e. The first kappa shape index (κ1) is 16.4. The smallest absolute Gasteiger partial charge is 0.325 e. The largest absolute Gasteiger partial charge is 0.468 e. The van der Waals surface area contributed by atoms with Crippen molar-refractivity contribution in [1.82, 2.24) is 5.32 Å². The summed E-state index contributed by atoms with van der Waals surface area (Å²) in [4.78, 5) is 11.8. The Morgan fingerprint density at radius 3 is 2.74 bits per heavy atom. The number of likely N-dealkylation sites (N-methyl/N-ethyl adjacent to an activating group) is 1. The normalized spacial score (nSPS) is 26.7.